The third-order valence-corrected chi connectivity index (χ3v) is 3.95. The number of halogens is 2. The number of hydrogen-bond acceptors (Lipinski definition) is 3. The third-order valence-electron chi connectivity index (χ3n) is 3.95. The highest BCUT2D eigenvalue weighted by Gasteiger charge is 2.20. The fourth-order valence-electron chi connectivity index (χ4n) is 2.88. The predicted molar refractivity (Wildman–Crippen MR) is 76.8 cm³/mol. The Morgan fingerprint density at radius 1 is 1.10 bits per heavy atom. The Hall–Kier alpha value is -2.04. The van der Waals surface area contributed by atoms with Gasteiger partial charge in [0.05, 0.1) is 0 Å². The maximum Gasteiger partial charge on any atom is 0.135 e. The molecule has 0 saturated heterocycles. The van der Waals surface area contributed by atoms with Crippen molar-refractivity contribution in [3.05, 3.63) is 53.0 Å². The summed E-state index contributed by atoms with van der Waals surface area (Å²) in [6, 6.07) is 5.34. The normalized spacial score (nSPS) is 15.5. The summed E-state index contributed by atoms with van der Waals surface area (Å²) < 4.78 is 26.6. The molecule has 1 heterocycles. The Bertz CT molecular complexity index is 652. The van der Waals surface area contributed by atoms with Gasteiger partial charge in [0.25, 0.3) is 0 Å². The molecule has 0 unspecified atom stereocenters. The first-order valence-electron chi connectivity index (χ1n) is 7.19. The molecule has 21 heavy (non-hydrogen) atoms. The fourth-order valence-corrected chi connectivity index (χ4v) is 2.88. The molecule has 2 N–H and O–H groups in total. The van der Waals surface area contributed by atoms with Crippen LogP contribution in [0.15, 0.2) is 24.3 Å². The predicted octanol–water partition coefficient (Wildman–Crippen LogP) is 3.59. The lowest BCUT2D eigenvalue weighted by Crippen LogP contribution is -2.07. The molecule has 0 bridgehead atoms. The topological polar surface area (TPSA) is 51.8 Å². The van der Waals surface area contributed by atoms with E-state index in [1.807, 2.05) is 0 Å². The minimum atomic E-state index is -0.587. The maximum atomic E-state index is 13.7. The lowest BCUT2D eigenvalue weighted by Gasteiger charge is -2.11. The van der Waals surface area contributed by atoms with E-state index in [1.54, 1.807) is 6.07 Å². The standard InChI is InChI=1S/C16H17F2N3/c17-12-6-5-11(13(18)8-12)7-16-20-14(9-15(19)21-16)10-3-1-2-4-10/h5-6,8-10H,1-4,7H2,(H2,19,20,21). The maximum absolute atomic E-state index is 13.7. The van der Waals surface area contributed by atoms with Gasteiger partial charge in [-0.3, -0.25) is 0 Å². The zero-order chi connectivity index (χ0) is 14.8. The summed E-state index contributed by atoms with van der Waals surface area (Å²) in [5.74, 6) is 0.152. The highest BCUT2D eigenvalue weighted by molar-refractivity contribution is 5.33. The SMILES string of the molecule is Nc1cc(C2CCCC2)nc(Cc2ccc(F)cc2F)n1. The first-order valence-corrected chi connectivity index (χ1v) is 7.19. The van der Waals surface area contributed by atoms with Gasteiger partial charge in [0.1, 0.15) is 23.3 Å². The Morgan fingerprint density at radius 2 is 1.86 bits per heavy atom. The number of rotatable bonds is 3. The van der Waals surface area contributed by atoms with Crippen molar-refractivity contribution in [2.75, 3.05) is 5.73 Å². The minimum absolute atomic E-state index is 0.219. The van der Waals surface area contributed by atoms with Gasteiger partial charge < -0.3 is 5.73 Å². The highest BCUT2D eigenvalue weighted by Crippen LogP contribution is 2.33. The molecule has 5 heteroatoms. The number of hydrogen-bond donors (Lipinski definition) is 1. The van der Waals surface area contributed by atoms with E-state index in [4.69, 9.17) is 5.73 Å². The van der Waals surface area contributed by atoms with Crippen LogP contribution in [0.25, 0.3) is 0 Å². The van der Waals surface area contributed by atoms with Crippen molar-refractivity contribution >= 4 is 5.82 Å². The molecule has 1 aromatic heterocycles. The van der Waals surface area contributed by atoms with Crippen molar-refractivity contribution < 1.29 is 8.78 Å². The van der Waals surface area contributed by atoms with E-state index in [9.17, 15) is 8.78 Å². The molecule has 1 aromatic carbocycles. The second kappa shape index (κ2) is 5.76. The minimum Gasteiger partial charge on any atom is -0.384 e. The first-order chi connectivity index (χ1) is 10.1. The van der Waals surface area contributed by atoms with Crippen molar-refractivity contribution in [2.45, 2.75) is 38.0 Å². The molecule has 1 fully saturated rings. The van der Waals surface area contributed by atoms with Crippen molar-refractivity contribution in [1.29, 1.82) is 0 Å². The largest absolute Gasteiger partial charge is 0.384 e. The van der Waals surface area contributed by atoms with Crippen LogP contribution in [0.5, 0.6) is 0 Å². The fraction of sp³-hybridized carbons (Fsp3) is 0.375. The van der Waals surface area contributed by atoms with E-state index in [0.717, 1.165) is 24.6 Å². The van der Waals surface area contributed by atoms with E-state index < -0.39 is 11.6 Å². The Labute approximate surface area is 122 Å². The van der Waals surface area contributed by atoms with Crippen molar-refractivity contribution in [1.82, 2.24) is 9.97 Å². The van der Waals surface area contributed by atoms with Crippen molar-refractivity contribution in [3.8, 4) is 0 Å². The summed E-state index contributed by atoms with van der Waals surface area (Å²) in [6.07, 6.45) is 4.85. The number of benzene rings is 1. The zero-order valence-corrected chi connectivity index (χ0v) is 11.6. The van der Waals surface area contributed by atoms with Gasteiger partial charge in [-0.2, -0.15) is 0 Å². The molecular formula is C16H17F2N3. The number of nitrogens with zero attached hydrogens (tertiary/aromatic N) is 2. The molecule has 1 aliphatic carbocycles. The van der Waals surface area contributed by atoms with Crippen LogP contribution in [-0.2, 0) is 6.42 Å². The van der Waals surface area contributed by atoms with Gasteiger partial charge in [-0.15, -0.1) is 0 Å². The molecule has 3 rings (SSSR count). The monoisotopic (exact) mass is 289 g/mol. The number of nitrogens with two attached hydrogens (primary N) is 1. The van der Waals surface area contributed by atoms with Gasteiger partial charge in [-0.1, -0.05) is 18.9 Å². The van der Waals surface area contributed by atoms with Gasteiger partial charge in [0.15, 0.2) is 0 Å². The Morgan fingerprint density at radius 3 is 2.57 bits per heavy atom. The van der Waals surface area contributed by atoms with Crippen LogP contribution in [0.3, 0.4) is 0 Å². The van der Waals surface area contributed by atoms with E-state index in [-0.39, 0.29) is 6.42 Å². The van der Waals surface area contributed by atoms with Crippen LogP contribution < -0.4 is 5.73 Å². The molecule has 0 aliphatic heterocycles. The molecular weight excluding hydrogens is 272 g/mol. The molecule has 0 radical (unpaired) electrons. The van der Waals surface area contributed by atoms with Gasteiger partial charge in [0, 0.05) is 30.2 Å². The van der Waals surface area contributed by atoms with Gasteiger partial charge >= 0.3 is 0 Å². The molecule has 1 saturated carbocycles. The van der Waals surface area contributed by atoms with Crippen LogP contribution >= 0.6 is 0 Å². The van der Waals surface area contributed by atoms with E-state index >= 15 is 0 Å². The van der Waals surface area contributed by atoms with E-state index in [2.05, 4.69) is 9.97 Å². The number of aromatic nitrogens is 2. The third kappa shape index (κ3) is 3.17. The number of nitrogen functional groups attached to an aromatic ring is 1. The first kappa shape index (κ1) is 13.9. The summed E-state index contributed by atoms with van der Waals surface area (Å²) in [4.78, 5) is 8.69. The summed E-state index contributed by atoms with van der Waals surface area (Å²) in [7, 11) is 0. The van der Waals surface area contributed by atoms with Crippen LogP contribution in [0, 0.1) is 11.6 Å². The molecule has 0 spiro atoms. The Kier molecular flexibility index (Phi) is 3.82. The Balaban J connectivity index is 1.87. The van der Waals surface area contributed by atoms with E-state index in [0.29, 0.717) is 23.1 Å². The number of anilines is 1. The van der Waals surface area contributed by atoms with Crippen LogP contribution in [0.1, 0.15) is 48.7 Å². The van der Waals surface area contributed by atoms with Gasteiger partial charge in [-0.25, -0.2) is 18.7 Å². The molecule has 1 aliphatic rings. The van der Waals surface area contributed by atoms with E-state index in [1.165, 1.54) is 25.0 Å². The molecule has 110 valence electrons. The lowest BCUT2D eigenvalue weighted by atomic mass is 10.0. The van der Waals surface area contributed by atoms with Crippen LogP contribution in [0.4, 0.5) is 14.6 Å². The molecule has 0 amide bonds. The van der Waals surface area contributed by atoms with Gasteiger partial charge in [-0.05, 0) is 24.5 Å². The molecule has 3 nitrogen and oxygen atoms in total. The smallest absolute Gasteiger partial charge is 0.135 e. The zero-order valence-electron chi connectivity index (χ0n) is 11.6. The average molecular weight is 289 g/mol. The molecule has 0 atom stereocenters. The molecule has 2 aromatic rings. The summed E-state index contributed by atoms with van der Waals surface area (Å²) in [5, 5.41) is 0. The van der Waals surface area contributed by atoms with Crippen molar-refractivity contribution in [3.63, 3.8) is 0 Å². The van der Waals surface area contributed by atoms with Crippen LogP contribution in [0.2, 0.25) is 0 Å². The summed E-state index contributed by atoms with van der Waals surface area (Å²) >= 11 is 0. The summed E-state index contributed by atoms with van der Waals surface area (Å²) in [6.45, 7) is 0. The second-order valence-electron chi connectivity index (χ2n) is 5.53. The van der Waals surface area contributed by atoms with Gasteiger partial charge in [0.2, 0.25) is 0 Å². The lowest BCUT2D eigenvalue weighted by molar-refractivity contribution is 0.573. The van der Waals surface area contributed by atoms with Crippen molar-refractivity contribution in [2.24, 2.45) is 0 Å². The summed E-state index contributed by atoms with van der Waals surface area (Å²) in [5.41, 5.74) is 7.15. The quantitative estimate of drug-likeness (QED) is 0.939. The second-order valence-corrected chi connectivity index (χ2v) is 5.53. The van der Waals surface area contributed by atoms with Crippen LogP contribution in [-0.4, -0.2) is 9.97 Å². The highest BCUT2D eigenvalue weighted by atomic mass is 19.1. The average Bonchev–Trinajstić information content (AvgIpc) is 2.95.